The topological polar surface area (TPSA) is 59.6 Å². The van der Waals surface area contributed by atoms with Crippen molar-refractivity contribution in [3.05, 3.63) is 65.5 Å². The van der Waals surface area contributed by atoms with Crippen molar-refractivity contribution in [2.45, 2.75) is 24.8 Å². The second-order valence-corrected chi connectivity index (χ2v) is 6.76. The van der Waals surface area contributed by atoms with Gasteiger partial charge in [0.25, 0.3) is 0 Å². The largest absolute Gasteiger partial charge is 0.496 e. The molecular formula is C21H25FN2O3. The number of nitrogens with one attached hydrogen (secondary N) is 2. The number of rotatable bonds is 6. The Morgan fingerprint density at radius 3 is 2.52 bits per heavy atom. The van der Waals surface area contributed by atoms with Crippen molar-refractivity contribution >= 4 is 6.03 Å². The van der Waals surface area contributed by atoms with E-state index < -0.39 is 0 Å². The molecule has 0 aliphatic carbocycles. The standard InChI is InChI=1S/C21H25FN2O3/c1-26-19-5-3-2-4-18(19)21(10-12-27-13-11-21)15-24-20(25)23-14-16-6-8-17(22)9-7-16/h2-9H,10-15H2,1H3,(H2,23,24,25). The van der Waals surface area contributed by atoms with Crippen molar-refractivity contribution in [2.24, 2.45) is 0 Å². The van der Waals surface area contributed by atoms with Crippen molar-refractivity contribution in [1.29, 1.82) is 0 Å². The van der Waals surface area contributed by atoms with Gasteiger partial charge in [0.1, 0.15) is 11.6 Å². The summed E-state index contributed by atoms with van der Waals surface area (Å²) >= 11 is 0. The zero-order valence-electron chi connectivity index (χ0n) is 15.5. The summed E-state index contributed by atoms with van der Waals surface area (Å²) in [5.74, 6) is 0.536. The second kappa shape index (κ2) is 8.86. The van der Waals surface area contributed by atoms with E-state index in [0.29, 0.717) is 26.3 Å². The Hall–Kier alpha value is -2.60. The summed E-state index contributed by atoms with van der Waals surface area (Å²) in [5, 5.41) is 5.81. The normalized spacial score (nSPS) is 15.8. The summed E-state index contributed by atoms with van der Waals surface area (Å²) in [6.45, 7) is 2.14. The zero-order valence-corrected chi connectivity index (χ0v) is 15.5. The molecule has 2 amide bonds. The number of methoxy groups -OCH3 is 1. The van der Waals surface area contributed by atoms with E-state index in [9.17, 15) is 9.18 Å². The maximum atomic E-state index is 13.0. The molecule has 0 spiro atoms. The number of para-hydroxylation sites is 1. The molecule has 6 heteroatoms. The first kappa shape index (κ1) is 19.2. The lowest BCUT2D eigenvalue weighted by Crippen LogP contribution is -2.47. The molecule has 3 rings (SSSR count). The lowest BCUT2D eigenvalue weighted by Gasteiger charge is -2.38. The molecule has 2 aromatic carbocycles. The van der Waals surface area contributed by atoms with Crippen LogP contribution in [-0.4, -0.2) is 32.9 Å². The van der Waals surface area contributed by atoms with Crippen molar-refractivity contribution in [1.82, 2.24) is 10.6 Å². The van der Waals surface area contributed by atoms with Crippen LogP contribution in [0.4, 0.5) is 9.18 Å². The predicted molar refractivity (Wildman–Crippen MR) is 101 cm³/mol. The minimum atomic E-state index is -0.290. The Labute approximate surface area is 158 Å². The number of amides is 2. The zero-order chi connectivity index (χ0) is 19.1. The number of urea groups is 1. The third-order valence-corrected chi connectivity index (χ3v) is 5.08. The number of carbonyl (C=O) groups is 1. The van der Waals surface area contributed by atoms with Gasteiger partial charge in [-0.2, -0.15) is 0 Å². The molecule has 1 aliphatic heterocycles. The summed E-state index contributed by atoms with van der Waals surface area (Å²) in [4.78, 5) is 12.3. The molecule has 0 bridgehead atoms. The summed E-state index contributed by atoms with van der Waals surface area (Å²) in [6, 6.07) is 13.8. The van der Waals surface area contributed by atoms with E-state index in [0.717, 1.165) is 29.7 Å². The van der Waals surface area contributed by atoms with Crippen molar-refractivity contribution in [3.8, 4) is 5.75 Å². The molecule has 2 aromatic rings. The minimum Gasteiger partial charge on any atom is -0.496 e. The molecule has 0 unspecified atom stereocenters. The van der Waals surface area contributed by atoms with Crippen LogP contribution < -0.4 is 15.4 Å². The van der Waals surface area contributed by atoms with Gasteiger partial charge in [0.15, 0.2) is 0 Å². The molecule has 144 valence electrons. The number of benzene rings is 2. The van der Waals surface area contributed by atoms with Gasteiger partial charge >= 0.3 is 6.03 Å². The highest BCUT2D eigenvalue weighted by molar-refractivity contribution is 5.74. The highest BCUT2D eigenvalue weighted by atomic mass is 19.1. The van der Waals surface area contributed by atoms with Gasteiger partial charge < -0.3 is 20.1 Å². The fourth-order valence-corrected chi connectivity index (χ4v) is 3.48. The predicted octanol–water partition coefficient (Wildman–Crippen LogP) is 3.38. The molecule has 1 heterocycles. The second-order valence-electron chi connectivity index (χ2n) is 6.76. The van der Waals surface area contributed by atoms with E-state index in [1.54, 1.807) is 19.2 Å². The third-order valence-electron chi connectivity index (χ3n) is 5.08. The maximum Gasteiger partial charge on any atom is 0.315 e. The lowest BCUT2D eigenvalue weighted by atomic mass is 9.73. The van der Waals surface area contributed by atoms with E-state index in [1.807, 2.05) is 18.2 Å². The maximum absolute atomic E-state index is 13.0. The summed E-state index contributed by atoms with van der Waals surface area (Å²) < 4.78 is 24.0. The Balaban J connectivity index is 1.64. The quantitative estimate of drug-likeness (QED) is 0.817. The number of hydrogen-bond donors (Lipinski definition) is 2. The highest BCUT2D eigenvalue weighted by Crippen LogP contribution is 2.39. The molecule has 0 aromatic heterocycles. The van der Waals surface area contributed by atoms with Gasteiger partial charge in [0, 0.05) is 37.3 Å². The first-order valence-electron chi connectivity index (χ1n) is 9.10. The number of halogens is 1. The molecule has 27 heavy (non-hydrogen) atoms. The smallest absolute Gasteiger partial charge is 0.315 e. The van der Waals surface area contributed by atoms with Gasteiger partial charge in [-0.1, -0.05) is 30.3 Å². The van der Waals surface area contributed by atoms with Gasteiger partial charge in [-0.3, -0.25) is 0 Å². The van der Waals surface area contributed by atoms with Crippen molar-refractivity contribution in [3.63, 3.8) is 0 Å². The molecular weight excluding hydrogens is 347 g/mol. The molecule has 1 saturated heterocycles. The number of ether oxygens (including phenoxy) is 2. The minimum absolute atomic E-state index is 0.224. The monoisotopic (exact) mass is 372 g/mol. The van der Waals surface area contributed by atoms with Gasteiger partial charge in [0.05, 0.1) is 7.11 Å². The van der Waals surface area contributed by atoms with Crippen LogP contribution in [0.2, 0.25) is 0 Å². The fraction of sp³-hybridized carbons (Fsp3) is 0.381. The van der Waals surface area contributed by atoms with Crippen LogP contribution in [0.15, 0.2) is 48.5 Å². The SMILES string of the molecule is COc1ccccc1C1(CNC(=O)NCc2ccc(F)cc2)CCOCC1. The van der Waals surface area contributed by atoms with E-state index in [4.69, 9.17) is 9.47 Å². The van der Waals surface area contributed by atoms with Crippen LogP contribution in [0.3, 0.4) is 0 Å². The van der Waals surface area contributed by atoms with Crippen LogP contribution in [0, 0.1) is 5.82 Å². The van der Waals surface area contributed by atoms with E-state index >= 15 is 0 Å². The highest BCUT2D eigenvalue weighted by Gasteiger charge is 2.37. The Kier molecular flexibility index (Phi) is 6.29. The number of hydrogen-bond acceptors (Lipinski definition) is 3. The first-order chi connectivity index (χ1) is 13.1. The van der Waals surface area contributed by atoms with Gasteiger partial charge in [-0.05, 0) is 36.6 Å². The first-order valence-corrected chi connectivity index (χ1v) is 9.10. The summed E-state index contributed by atoms with van der Waals surface area (Å²) in [6.07, 6.45) is 1.62. The average molecular weight is 372 g/mol. The summed E-state index contributed by atoms with van der Waals surface area (Å²) in [7, 11) is 1.66. The van der Waals surface area contributed by atoms with Crippen LogP contribution in [0.1, 0.15) is 24.0 Å². The Morgan fingerprint density at radius 1 is 1.11 bits per heavy atom. The van der Waals surface area contributed by atoms with E-state index in [2.05, 4.69) is 16.7 Å². The molecule has 1 fully saturated rings. The lowest BCUT2D eigenvalue weighted by molar-refractivity contribution is 0.0498. The van der Waals surface area contributed by atoms with Gasteiger partial charge in [0.2, 0.25) is 0 Å². The van der Waals surface area contributed by atoms with Crippen molar-refractivity contribution < 1.29 is 18.7 Å². The summed E-state index contributed by atoms with van der Waals surface area (Å²) in [5.41, 5.74) is 1.71. The van der Waals surface area contributed by atoms with Crippen LogP contribution in [0.5, 0.6) is 5.75 Å². The van der Waals surface area contributed by atoms with Gasteiger partial charge in [-0.15, -0.1) is 0 Å². The van der Waals surface area contributed by atoms with Crippen LogP contribution >= 0.6 is 0 Å². The van der Waals surface area contributed by atoms with Crippen LogP contribution in [0.25, 0.3) is 0 Å². The molecule has 2 N–H and O–H groups in total. The molecule has 1 aliphatic rings. The van der Waals surface area contributed by atoms with Crippen LogP contribution in [-0.2, 0) is 16.7 Å². The Morgan fingerprint density at radius 2 is 1.81 bits per heavy atom. The third kappa shape index (κ3) is 4.77. The molecule has 0 saturated carbocycles. The number of carbonyl (C=O) groups excluding carboxylic acids is 1. The molecule has 0 radical (unpaired) electrons. The van der Waals surface area contributed by atoms with Gasteiger partial charge in [-0.25, -0.2) is 9.18 Å². The fourth-order valence-electron chi connectivity index (χ4n) is 3.48. The Bertz CT molecular complexity index is 758. The average Bonchev–Trinajstić information content (AvgIpc) is 2.72. The van der Waals surface area contributed by atoms with E-state index in [-0.39, 0.29) is 17.3 Å². The molecule has 0 atom stereocenters. The molecule has 5 nitrogen and oxygen atoms in total. The van der Waals surface area contributed by atoms with Crippen molar-refractivity contribution in [2.75, 3.05) is 26.9 Å². The van der Waals surface area contributed by atoms with E-state index in [1.165, 1.54) is 12.1 Å².